The minimum Gasteiger partial charge on any atom is -0.343 e. The molecule has 2 atom stereocenters. The summed E-state index contributed by atoms with van der Waals surface area (Å²) in [6, 6.07) is 8.84. The second-order valence-corrected chi connectivity index (χ2v) is 10.1. The van der Waals surface area contributed by atoms with Gasteiger partial charge in [-0.05, 0) is 25.0 Å². The molecule has 33 heavy (non-hydrogen) atoms. The van der Waals surface area contributed by atoms with Gasteiger partial charge in [0.2, 0.25) is 20.0 Å². The van der Waals surface area contributed by atoms with E-state index in [4.69, 9.17) is 4.74 Å². The molecule has 2 unspecified atom stereocenters. The Labute approximate surface area is 190 Å². The van der Waals surface area contributed by atoms with Gasteiger partial charge < -0.3 is 4.74 Å². The smallest absolute Gasteiger partial charge is 0.270 e. The SMILES string of the molecule is CCC(NS(=O)(=O)c1cccc([N+](=O)[O-])c1)OC(CC)NS(=O)(=O)c1cccc([N+](=O)[O-])c1. The molecule has 0 radical (unpaired) electrons. The molecular weight excluding hydrogens is 480 g/mol. The summed E-state index contributed by atoms with van der Waals surface area (Å²) >= 11 is 0. The fraction of sp³-hybridized carbons (Fsp3) is 0.333. The zero-order chi connectivity index (χ0) is 24.8. The number of ether oxygens (including phenoxy) is 1. The fourth-order valence-electron chi connectivity index (χ4n) is 2.62. The van der Waals surface area contributed by atoms with E-state index in [1.807, 2.05) is 0 Å². The van der Waals surface area contributed by atoms with Gasteiger partial charge in [-0.1, -0.05) is 26.0 Å². The van der Waals surface area contributed by atoms with E-state index in [-0.39, 0.29) is 22.6 Å². The van der Waals surface area contributed by atoms with E-state index in [1.165, 1.54) is 24.3 Å². The Kier molecular flexibility index (Phi) is 8.57. The molecule has 180 valence electrons. The minimum atomic E-state index is -4.22. The van der Waals surface area contributed by atoms with Gasteiger partial charge in [-0.25, -0.2) is 16.8 Å². The molecule has 13 nitrogen and oxygen atoms in total. The van der Waals surface area contributed by atoms with E-state index in [0.29, 0.717) is 0 Å². The van der Waals surface area contributed by atoms with Crippen LogP contribution in [0.5, 0.6) is 0 Å². The van der Waals surface area contributed by atoms with Crippen molar-refractivity contribution in [3.63, 3.8) is 0 Å². The van der Waals surface area contributed by atoms with Crippen molar-refractivity contribution in [3.05, 3.63) is 68.8 Å². The second kappa shape index (κ2) is 10.8. The van der Waals surface area contributed by atoms with Gasteiger partial charge in [0.05, 0.1) is 19.6 Å². The molecule has 0 spiro atoms. The van der Waals surface area contributed by atoms with Crippen LogP contribution in [0.4, 0.5) is 11.4 Å². The lowest BCUT2D eigenvalue weighted by Gasteiger charge is -2.24. The molecule has 0 aliphatic heterocycles. The number of rotatable bonds is 12. The maximum atomic E-state index is 12.6. The molecular formula is C18H22N4O9S2. The van der Waals surface area contributed by atoms with Gasteiger partial charge in [-0.15, -0.1) is 0 Å². The zero-order valence-electron chi connectivity index (χ0n) is 17.6. The summed E-state index contributed by atoms with van der Waals surface area (Å²) in [5.41, 5.74) is -0.828. The van der Waals surface area contributed by atoms with E-state index in [1.54, 1.807) is 13.8 Å². The summed E-state index contributed by atoms with van der Waals surface area (Å²) in [5.74, 6) is 0. The molecule has 0 fully saturated rings. The Bertz CT molecular complexity index is 1140. The van der Waals surface area contributed by atoms with Crippen LogP contribution in [0.2, 0.25) is 0 Å². The van der Waals surface area contributed by atoms with Gasteiger partial charge in [0.15, 0.2) is 0 Å². The topological polar surface area (TPSA) is 188 Å². The Morgan fingerprint density at radius 2 is 1.15 bits per heavy atom. The first-order valence-corrected chi connectivity index (χ1v) is 12.5. The van der Waals surface area contributed by atoms with Gasteiger partial charge >= 0.3 is 0 Å². The molecule has 2 aromatic carbocycles. The number of non-ortho nitro benzene ring substituents is 2. The van der Waals surface area contributed by atoms with E-state index in [2.05, 4.69) is 9.44 Å². The Hall–Kier alpha value is -2.98. The van der Waals surface area contributed by atoms with Crippen LogP contribution in [-0.2, 0) is 24.8 Å². The molecule has 0 heterocycles. The van der Waals surface area contributed by atoms with Gasteiger partial charge in [0.1, 0.15) is 12.5 Å². The molecule has 2 N–H and O–H groups in total. The van der Waals surface area contributed by atoms with Crippen molar-refractivity contribution in [1.29, 1.82) is 0 Å². The molecule has 0 amide bonds. The van der Waals surface area contributed by atoms with Crippen molar-refractivity contribution in [3.8, 4) is 0 Å². The van der Waals surface area contributed by atoms with Crippen LogP contribution in [0.3, 0.4) is 0 Å². The maximum Gasteiger partial charge on any atom is 0.270 e. The third-order valence-corrected chi connectivity index (χ3v) is 7.22. The van der Waals surface area contributed by atoms with Crippen LogP contribution in [0.15, 0.2) is 58.3 Å². The lowest BCUT2D eigenvalue weighted by atomic mass is 10.3. The normalized spacial score (nSPS) is 13.9. The van der Waals surface area contributed by atoms with Gasteiger partial charge in [-0.2, -0.15) is 9.44 Å². The summed E-state index contributed by atoms with van der Waals surface area (Å²) in [6.45, 7) is 3.17. The average molecular weight is 503 g/mol. The molecule has 2 aromatic rings. The summed E-state index contributed by atoms with van der Waals surface area (Å²) < 4.78 is 60.6. The van der Waals surface area contributed by atoms with Crippen LogP contribution in [0, 0.1) is 20.2 Å². The lowest BCUT2D eigenvalue weighted by Crippen LogP contribution is -2.44. The summed E-state index contributed by atoms with van der Waals surface area (Å²) in [6.07, 6.45) is -2.15. The molecule has 2 rings (SSSR count). The highest BCUT2D eigenvalue weighted by Crippen LogP contribution is 2.20. The molecule has 0 aliphatic rings. The highest BCUT2D eigenvalue weighted by Gasteiger charge is 2.26. The predicted molar refractivity (Wildman–Crippen MR) is 116 cm³/mol. The number of hydrogen-bond donors (Lipinski definition) is 2. The highest BCUT2D eigenvalue weighted by molar-refractivity contribution is 7.89. The monoisotopic (exact) mass is 502 g/mol. The quantitative estimate of drug-likeness (QED) is 0.249. The van der Waals surface area contributed by atoms with Crippen LogP contribution >= 0.6 is 0 Å². The van der Waals surface area contributed by atoms with Crippen molar-refractivity contribution < 1.29 is 31.4 Å². The molecule has 0 saturated carbocycles. The molecule has 0 saturated heterocycles. The van der Waals surface area contributed by atoms with Crippen molar-refractivity contribution >= 4 is 31.4 Å². The van der Waals surface area contributed by atoms with Crippen LogP contribution in [0.1, 0.15) is 26.7 Å². The van der Waals surface area contributed by atoms with Crippen LogP contribution in [0.25, 0.3) is 0 Å². The van der Waals surface area contributed by atoms with Crippen LogP contribution in [-0.4, -0.2) is 39.1 Å². The fourth-order valence-corrected chi connectivity index (χ4v) is 5.10. The van der Waals surface area contributed by atoms with Crippen molar-refractivity contribution in [2.45, 2.75) is 48.9 Å². The summed E-state index contributed by atoms with van der Waals surface area (Å²) in [4.78, 5) is 19.6. The number of nitro groups is 2. The van der Waals surface area contributed by atoms with Crippen molar-refractivity contribution in [2.75, 3.05) is 0 Å². The number of nitrogens with one attached hydrogen (secondary N) is 2. The summed E-state index contributed by atoms with van der Waals surface area (Å²) in [7, 11) is -8.45. The lowest BCUT2D eigenvalue weighted by molar-refractivity contribution is -0.385. The third-order valence-electron chi connectivity index (χ3n) is 4.32. The maximum absolute atomic E-state index is 12.6. The Morgan fingerprint density at radius 3 is 1.45 bits per heavy atom. The molecule has 15 heteroatoms. The Morgan fingerprint density at radius 1 is 0.788 bits per heavy atom. The van der Waals surface area contributed by atoms with Crippen LogP contribution < -0.4 is 9.44 Å². The van der Waals surface area contributed by atoms with E-state index < -0.39 is 53.7 Å². The van der Waals surface area contributed by atoms with Gasteiger partial charge in [0.25, 0.3) is 11.4 Å². The van der Waals surface area contributed by atoms with Gasteiger partial charge in [-0.3, -0.25) is 20.2 Å². The third kappa shape index (κ3) is 7.00. The number of benzene rings is 2. The average Bonchev–Trinajstić information content (AvgIpc) is 2.77. The van der Waals surface area contributed by atoms with E-state index in [9.17, 15) is 37.1 Å². The van der Waals surface area contributed by atoms with Crippen molar-refractivity contribution in [2.24, 2.45) is 0 Å². The highest BCUT2D eigenvalue weighted by atomic mass is 32.2. The number of nitro benzene ring substituents is 2. The largest absolute Gasteiger partial charge is 0.343 e. The van der Waals surface area contributed by atoms with E-state index in [0.717, 1.165) is 24.3 Å². The van der Waals surface area contributed by atoms with E-state index >= 15 is 0 Å². The molecule has 0 bridgehead atoms. The Balaban J connectivity index is 2.18. The first-order chi connectivity index (χ1) is 15.4. The first-order valence-electron chi connectivity index (χ1n) is 9.58. The van der Waals surface area contributed by atoms with Gasteiger partial charge in [0, 0.05) is 24.3 Å². The molecule has 0 aliphatic carbocycles. The second-order valence-electron chi connectivity index (χ2n) is 6.68. The number of hydrogen-bond acceptors (Lipinski definition) is 9. The number of sulfonamides is 2. The van der Waals surface area contributed by atoms with Crippen molar-refractivity contribution in [1.82, 2.24) is 9.44 Å². The number of nitrogens with zero attached hydrogens (tertiary/aromatic N) is 2. The summed E-state index contributed by atoms with van der Waals surface area (Å²) in [5, 5.41) is 21.8. The zero-order valence-corrected chi connectivity index (χ0v) is 19.2. The minimum absolute atomic E-state index is 0.100. The standard InChI is InChI=1S/C18H22N4O9S2/c1-3-17(19-32(27,28)15-9-5-7-13(11-15)21(23)24)31-18(4-2)20-33(29,30)16-10-6-8-14(12-16)22(25)26/h5-12,17-20H,3-4H2,1-2H3. The first kappa shape index (κ1) is 26.3. The molecule has 0 aromatic heterocycles. The predicted octanol–water partition coefficient (Wildman–Crippen LogP) is 2.25.